The average molecular weight is 355 g/mol. The number of carbonyl (C=O) groups excluding carboxylic acids is 1. The van der Waals surface area contributed by atoms with Gasteiger partial charge in [0.1, 0.15) is 5.75 Å². The summed E-state index contributed by atoms with van der Waals surface area (Å²) in [6.07, 6.45) is 3.13. The fraction of sp³-hybridized carbons (Fsp3) is 0.562. The molecule has 1 amide bonds. The molecule has 0 radical (unpaired) electrons. The molecule has 5 heteroatoms. The standard InChI is InChI=1S/C16H23BrN2O2/c1-19(16(20)14-5-3-4-11(14)9-18)10-12-8-13(17)6-7-15(12)21-2/h6-8,11,14H,3-5,9-10,18H2,1-2H3/t11-,14-/m1/s1. The van der Waals surface area contributed by atoms with Gasteiger partial charge in [-0.15, -0.1) is 0 Å². The lowest BCUT2D eigenvalue weighted by molar-refractivity contribution is -0.135. The molecule has 2 rings (SSSR count). The van der Waals surface area contributed by atoms with E-state index in [-0.39, 0.29) is 11.8 Å². The number of hydrogen-bond donors (Lipinski definition) is 1. The summed E-state index contributed by atoms with van der Waals surface area (Å²) in [5.74, 6) is 1.42. The van der Waals surface area contributed by atoms with E-state index in [0.29, 0.717) is 19.0 Å². The van der Waals surface area contributed by atoms with Crippen LogP contribution in [-0.2, 0) is 11.3 Å². The monoisotopic (exact) mass is 354 g/mol. The average Bonchev–Trinajstić information content (AvgIpc) is 2.95. The highest BCUT2D eigenvalue weighted by Crippen LogP contribution is 2.33. The lowest BCUT2D eigenvalue weighted by atomic mass is 9.94. The molecule has 1 aromatic rings. The summed E-state index contributed by atoms with van der Waals surface area (Å²) in [6.45, 7) is 1.15. The van der Waals surface area contributed by atoms with Crippen molar-refractivity contribution in [1.29, 1.82) is 0 Å². The van der Waals surface area contributed by atoms with E-state index in [1.807, 2.05) is 25.2 Å². The Labute approximate surface area is 134 Å². The maximum absolute atomic E-state index is 12.6. The van der Waals surface area contributed by atoms with E-state index in [4.69, 9.17) is 10.5 Å². The highest BCUT2D eigenvalue weighted by atomic mass is 79.9. The number of hydrogen-bond acceptors (Lipinski definition) is 3. The molecule has 0 heterocycles. The molecular formula is C16H23BrN2O2. The third-order valence-corrected chi connectivity index (χ3v) is 4.80. The third kappa shape index (κ3) is 3.77. The van der Waals surface area contributed by atoms with E-state index in [9.17, 15) is 4.79 Å². The first-order valence-corrected chi connectivity index (χ1v) is 8.13. The Kier molecular flexibility index (Phi) is 5.65. The van der Waals surface area contributed by atoms with Gasteiger partial charge in [-0.1, -0.05) is 22.4 Å². The number of amides is 1. The second-order valence-electron chi connectivity index (χ2n) is 5.68. The fourth-order valence-electron chi connectivity index (χ4n) is 3.13. The first kappa shape index (κ1) is 16.3. The number of carbonyl (C=O) groups is 1. The molecular weight excluding hydrogens is 332 g/mol. The number of rotatable bonds is 5. The minimum Gasteiger partial charge on any atom is -0.496 e. The van der Waals surface area contributed by atoms with Crippen LogP contribution >= 0.6 is 15.9 Å². The summed E-state index contributed by atoms with van der Waals surface area (Å²) in [6, 6.07) is 5.85. The molecule has 0 saturated heterocycles. The van der Waals surface area contributed by atoms with Crippen molar-refractivity contribution in [3.05, 3.63) is 28.2 Å². The Morgan fingerprint density at radius 2 is 2.24 bits per heavy atom. The summed E-state index contributed by atoms with van der Waals surface area (Å²) in [7, 11) is 3.50. The quantitative estimate of drug-likeness (QED) is 0.884. The van der Waals surface area contributed by atoms with Gasteiger partial charge in [-0.05, 0) is 43.5 Å². The number of nitrogens with two attached hydrogens (primary N) is 1. The van der Waals surface area contributed by atoms with Crippen molar-refractivity contribution in [2.24, 2.45) is 17.6 Å². The molecule has 0 bridgehead atoms. The van der Waals surface area contributed by atoms with Crippen molar-refractivity contribution in [1.82, 2.24) is 4.90 Å². The first-order valence-electron chi connectivity index (χ1n) is 7.34. The Morgan fingerprint density at radius 3 is 2.90 bits per heavy atom. The highest BCUT2D eigenvalue weighted by molar-refractivity contribution is 9.10. The van der Waals surface area contributed by atoms with Crippen LogP contribution in [0.3, 0.4) is 0 Å². The summed E-state index contributed by atoms with van der Waals surface area (Å²) in [5.41, 5.74) is 6.79. The molecule has 0 spiro atoms. The zero-order valence-corrected chi connectivity index (χ0v) is 14.2. The van der Waals surface area contributed by atoms with Gasteiger partial charge in [0.25, 0.3) is 0 Å². The van der Waals surface area contributed by atoms with Gasteiger partial charge in [0.15, 0.2) is 0 Å². The molecule has 21 heavy (non-hydrogen) atoms. The fourth-order valence-corrected chi connectivity index (χ4v) is 3.54. The normalized spacial score (nSPS) is 21.3. The lowest BCUT2D eigenvalue weighted by Gasteiger charge is -2.25. The number of halogens is 1. The van der Waals surface area contributed by atoms with Gasteiger partial charge in [0.2, 0.25) is 5.91 Å². The molecule has 2 atom stereocenters. The first-order chi connectivity index (χ1) is 10.1. The van der Waals surface area contributed by atoms with Crippen LogP contribution in [0.5, 0.6) is 5.75 Å². The molecule has 0 aromatic heterocycles. The predicted molar refractivity (Wildman–Crippen MR) is 87.1 cm³/mol. The smallest absolute Gasteiger partial charge is 0.226 e. The van der Waals surface area contributed by atoms with Crippen LogP contribution in [0.1, 0.15) is 24.8 Å². The van der Waals surface area contributed by atoms with Gasteiger partial charge in [-0.3, -0.25) is 4.79 Å². The molecule has 1 aliphatic rings. The van der Waals surface area contributed by atoms with Crippen molar-refractivity contribution in [3.8, 4) is 5.75 Å². The second kappa shape index (κ2) is 7.27. The molecule has 0 unspecified atom stereocenters. The highest BCUT2D eigenvalue weighted by Gasteiger charge is 2.33. The molecule has 116 valence electrons. The van der Waals surface area contributed by atoms with E-state index < -0.39 is 0 Å². The van der Waals surface area contributed by atoms with Crippen LogP contribution in [0.2, 0.25) is 0 Å². The second-order valence-corrected chi connectivity index (χ2v) is 6.60. The molecule has 4 nitrogen and oxygen atoms in total. The maximum atomic E-state index is 12.6. The summed E-state index contributed by atoms with van der Waals surface area (Å²) in [5, 5.41) is 0. The van der Waals surface area contributed by atoms with Crippen molar-refractivity contribution in [3.63, 3.8) is 0 Å². The van der Waals surface area contributed by atoms with Crippen LogP contribution in [0.4, 0.5) is 0 Å². The van der Waals surface area contributed by atoms with Crippen LogP contribution in [0.25, 0.3) is 0 Å². The molecule has 1 aromatic carbocycles. The van der Waals surface area contributed by atoms with Gasteiger partial charge >= 0.3 is 0 Å². The predicted octanol–water partition coefficient (Wildman–Crippen LogP) is 2.79. The van der Waals surface area contributed by atoms with Crippen molar-refractivity contribution < 1.29 is 9.53 Å². The Balaban J connectivity index is 2.09. The minimum absolute atomic E-state index is 0.0816. The summed E-state index contributed by atoms with van der Waals surface area (Å²) < 4.78 is 6.36. The van der Waals surface area contributed by atoms with E-state index in [2.05, 4.69) is 15.9 Å². The van der Waals surface area contributed by atoms with Gasteiger partial charge in [0.05, 0.1) is 7.11 Å². The van der Waals surface area contributed by atoms with E-state index in [1.54, 1.807) is 12.0 Å². The molecule has 0 aliphatic heterocycles. The van der Waals surface area contributed by atoms with Gasteiger partial charge in [0, 0.05) is 29.5 Å². The molecule has 1 fully saturated rings. The van der Waals surface area contributed by atoms with E-state index in [0.717, 1.165) is 35.0 Å². The maximum Gasteiger partial charge on any atom is 0.226 e. The lowest BCUT2D eigenvalue weighted by Crippen LogP contribution is -2.36. The summed E-state index contributed by atoms with van der Waals surface area (Å²) in [4.78, 5) is 14.4. The van der Waals surface area contributed by atoms with Crippen molar-refractivity contribution in [2.75, 3.05) is 20.7 Å². The molecule has 1 aliphatic carbocycles. The van der Waals surface area contributed by atoms with Crippen LogP contribution in [0.15, 0.2) is 22.7 Å². The van der Waals surface area contributed by atoms with Crippen LogP contribution < -0.4 is 10.5 Å². The number of ether oxygens (including phenoxy) is 1. The van der Waals surface area contributed by atoms with Crippen molar-refractivity contribution in [2.45, 2.75) is 25.8 Å². The zero-order chi connectivity index (χ0) is 15.4. The van der Waals surface area contributed by atoms with Gasteiger partial charge in [-0.2, -0.15) is 0 Å². The van der Waals surface area contributed by atoms with Crippen LogP contribution in [0, 0.1) is 11.8 Å². The molecule has 1 saturated carbocycles. The SMILES string of the molecule is COc1ccc(Br)cc1CN(C)C(=O)[C@@H]1CCC[C@@H]1CN. The Hall–Kier alpha value is -1.07. The summed E-state index contributed by atoms with van der Waals surface area (Å²) >= 11 is 3.46. The third-order valence-electron chi connectivity index (χ3n) is 4.31. The number of nitrogens with zero attached hydrogens (tertiary/aromatic N) is 1. The van der Waals surface area contributed by atoms with E-state index >= 15 is 0 Å². The Bertz CT molecular complexity index is 507. The zero-order valence-electron chi connectivity index (χ0n) is 12.6. The van der Waals surface area contributed by atoms with Gasteiger partial charge in [-0.25, -0.2) is 0 Å². The largest absolute Gasteiger partial charge is 0.496 e. The van der Waals surface area contributed by atoms with E-state index in [1.165, 1.54) is 0 Å². The topological polar surface area (TPSA) is 55.6 Å². The van der Waals surface area contributed by atoms with Crippen LogP contribution in [-0.4, -0.2) is 31.5 Å². The molecule has 2 N–H and O–H groups in total. The van der Waals surface area contributed by atoms with Gasteiger partial charge < -0.3 is 15.4 Å². The number of benzene rings is 1. The minimum atomic E-state index is 0.0816. The van der Waals surface area contributed by atoms with Crippen molar-refractivity contribution >= 4 is 21.8 Å². The Morgan fingerprint density at radius 1 is 1.48 bits per heavy atom. The number of methoxy groups -OCH3 is 1.